The van der Waals surface area contributed by atoms with E-state index >= 15 is 0 Å². The van der Waals surface area contributed by atoms with Gasteiger partial charge in [0.2, 0.25) is 0 Å². The zero-order valence-corrected chi connectivity index (χ0v) is 27.4. The predicted octanol–water partition coefficient (Wildman–Crippen LogP) is 8.59. The van der Waals surface area contributed by atoms with Gasteiger partial charge in [0, 0.05) is 0 Å². The Labute approximate surface area is 213 Å². The van der Waals surface area contributed by atoms with Gasteiger partial charge in [0.1, 0.15) is 0 Å². The van der Waals surface area contributed by atoms with Crippen LogP contribution < -0.4 is 10.4 Å². The molecule has 2 aromatic rings. The van der Waals surface area contributed by atoms with Gasteiger partial charge in [-0.3, -0.25) is 0 Å². The van der Waals surface area contributed by atoms with Crippen LogP contribution in [0, 0.1) is 5.92 Å². The number of halogens is 2. The van der Waals surface area contributed by atoms with E-state index in [1.54, 1.807) is 10.4 Å². The van der Waals surface area contributed by atoms with Crippen LogP contribution in [0.5, 0.6) is 0 Å². The van der Waals surface area contributed by atoms with Crippen LogP contribution in [-0.4, -0.2) is 16.1 Å². The van der Waals surface area contributed by atoms with Crippen molar-refractivity contribution in [3.05, 3.63) is 52.6 Å². The van der Waals surface area contributed by atoms with E-state index in [1.165, 1.54) is 33.4 Å². The molecule has 2 aromatic carbocycles. The molecule has 1 aliphatic carbocycles. The Morgan fingerprint density at radius 2 is 1.31 bits per heavy atom. The molecule has 1 atom stereocenters. The third kappa shape index (κ3) is 5.33. The van der Waals surface area contributed by atoms with Crippen molar-refractivity contribution in [2.45, 2.75) is 76.5 Å². The summed E-state index contributed by atoms with van der Waals surface area (Å²) in [4.78, 5) is 0. The molecule has 0 aliphatic heterocycles. The number of hydrogen-bond donors (Lipinski definition) is 0. The fourth-order valence-electron chi connectivity index (χ4n) is 4.67. The third-order valence-corrected chi connectivity index (χ3v) is 16.0. The minimum absolute atomic E-state index is 0.271. The molecule has 0 saturated carbocycles. The molecule has 0 N–H and O–H groups in total. The molecule has 0 spiro atoms. The molecule has 5 heteroatoms. The second kappa shape index (κ2) is 9.61. The molecule has 0 aromatic heterocycles. The first kappa shape index (κ1) is 26.7. The van der Waals surface area contributed by atoms with E-state index in [0.717, 1.165) is 0 Å². The number of benzene rings is 2. The molecular weight excluding hydrogens is 543 g/mol. The normalized spacial score (nSPS) is 16.6. The first-order chi connectivity index (χ1) is 14.6. The molecule has 3 rings (SSSR count). The van der Waals surface area contributed by atoms with Gasteiger partial charge in [0.05, 0.1) is 0 Å². The summed E-state index contributed by atoms with van der Waals surface area (Å²) in [5.41, 5.74) is 8.47. The molecular formula is C27H39Cl2Si2Zr. The quantitative estimate of drug-likeness (QED) is 0.300. The summed E-state index contributed by atoms with van der Waals surface area (Å²) in [6.07, 6.45) is 2.45. The van der Waals surface area contributed by atoms with Gasteiger partial charge >= 0.3 is 215 Å². The van der Waals surface area contributed by atoms with E-state index < -0.39 is 35.5 Å². The molecule has 0 fully saturated rings. The van der Waals surface area contributed by atoms with E-state index in [1.807, 2.05) is 0 Å². The summed E-state index contributed by atoms with van der Waals surface area (Å²) in [6.45, 7) is 24.0. The number of rotatable bonds is 6. The second-order valence-corrected chi connectivity index (χ2v) is 31.0. The van der Waals surface area contributed by atoms with Crippen molar-refractivity contribution in [3.8, 4) is 11.1 Å². The van der Waals surface area contributed by atoms with Crippen molar-refractivity contribution >= 4 is 49.6 Å². The van der Waals surface area contributed by atoms with Crippen LogP contribution in [0.4, 0.5) is 0 Å². The van der Waals surface area contributed by atoms with Gasteiger partial charge in [0.25, 0.3) is 0 Å². The monoisotopic (exact) mass is 579 g/mol. The first-order valence-corrected chi connectivity index (χ1v) is 26.6. The van der Waals surface area contributed by atoms with Crippen LogP contribution in [0.15, 0.2) is 35.9 Å². The van der Waals surface area contributed by atoms with Gasteiger partial charge < -0.3 is 0 Å². The van der Waals surface area contributed by atoms with Crippen molar-refractivity contribution in [3.63, 3.8) is 0 Å². The SMILES string of the molecule is CC(C)C1=Cc2c(ccc(C(C)C)c2-c2cc([Si](C)(C)C)cc([Si](C)(C)C)c2)[CH]1[Zr]([Cl])[Cl]. The Bertz CT molecular complexity index is 1010. The van der Waals surface area contributed by atoms with E-state index in [9.17, 15) is 0 Å². The zero-order chi connectivity index (χ0) is 24.2. The standard InChI is InChI=1S/C27H39Si2.2ClH.Zr/c1-18(2)21-13-20-11-12-25(19(3)4)27(26(20)16-21)22-14-23(28(5,6)7)17-24(15-22)29(8,9)10;;;/h11-19H,1-10H3;2*1H;/q;;;+2/p-2. The predicted molar refractivity (Wildman–Crippen MR) is 149 cm³/mol. The van der Waals surface area contributed by atoms with Gasteiger partial charge in [-0.05, 0) is 0 Å². The summed E-state index contributed by atoms with van der Waals surface area (Å²) in [5, 5.41) is 3.13. The summed E-state index contributed by atoms with van der Waals surface area (Å²) in [5.74, 6) is 0.919. The molecule has 0 amide bonds. The van der Waals surface area contributed by atoms with Gasteiger partial charge in [0.15, 0.2) is 0 Å². The van der Waals surface area contributed by atoms with Crippen molar-refractivity contribution in [2.24, 2.45) is 5.92 Å². The Hall–Kier alpha value is 0.0769. The average molecular weight is 582 g/mol. The van der Waals surface area contributed by atoms with E-state index in [0.29, 0.717) is 11.8 Å². The van der Waals surface area contributed by atoms with Crippen molar-refractivity contribution in [1.82, 2.24) is 0 Å². The maximum absolute atomic E-state index is 6.75. The van der Waals surface area contributed by atoms with Gasteiger partial charge in [-0.1, -0.05) is 0 Å². The minimum atomic E-state index is -2.53. The van der Waals surface area contributed by atoms with Crippen molar-refractivity contribution < 1.29 is 19.4 Å². The zero-order valence-electron chi connectivity index (χ0n) is 21.5. The average Bonchev–Trinajstić information content (AvgIpc) is 3.05. The third-order valence-electron chi connectivity index (χ3n) is 6.73. The van der Waals surface area contributed by atoms with Gasteiger partial charge in [-0.15, -0.1) is 0 Å². The fourth-order valence-corrected chi connectivity index (χ4v) is 12.9. The van der Waals surface area contributed by atoms with Crippen LogP contribution in [0.1, 0.15) is 53.9 Å². The molecule has 0 radical (unpaired) electrons. The van der Waals surface area contributed by atoms with Gasteiger partial charge in [-0.25, -0.2) is 0 Å². The van der Waals surface area contributed by atoms with Gasteiger partial charge in [-0.2, -0.15) is 0 Å². The fraction of sp³-hybridized carbons (Fsp3) is 0.481. The van der Waals surface area contributed by atoms with Crippen LogP contribution >= 0.6 is 17.0 Å². The van der Waals surface area contributed by atoms with E-state index in [2.05, 4.69) is 103 Å². The van der Waals surface area contributed by atoms with Crippen LogP contribution in [0.25, 0.3) is 17.2 Å². The maximum atomic E-state index is 6.75. The Morgan fingerprint density at radius 1 is 0.781 bits per heavy atom. The van der Waals surface area contributed by atoms with E-state index in [4.69, 9.17) is 17.0 Å². The molecule has 173 valence electrons. The molecule has 1 unspecified atom stereocenters. The summed E-state index contributed by atoms with van der Waals surface area (Å²) >= 11 is -2.53. The number of fused-ring (bicyclic) bond motifs is 1. The summed E-state index contributed by atoms with van der Waals surface area (Å²) in [7, 11) is 10.6. The van der Waals surface area contributed by atoms with E-state index in [-0.39, 0.29) is 3.63 Å². The Morgan fingerprint density at radius 3 is 1.72 bits per heavy atom. The van der Waals surface area contributed by atoms with Crippen LogP contribution in [-0.2, 0) is 19.4 Å². The number of hydrogen-bond acceptors (Lipinski definition) is 0. The Balaban J connectivity index is 2.41. The summed E-state index contributed by atoms with van der Waals surface area (Å²) < 4.78 is 0.271. The molecule has 32 heavy (non-hydrogen) atoms. The summed E-state index contributed by atoms with van der Waals surface area (Å²) in [6, 6.07) is 12.2. The van der Waals surface area contributed by atoms with Crippen LogP contribution in [0.3, 0.4) is 0 Å². The number of allylic oxidation sites excluding steroid dienone is 1. The Kier molecular flexibility index (Phi) is 8.01. The van der Waals surface area contributed by atoms with Crippen molar-refractivity contribution in [1.29, 1.82) is 0 Å². The molecule has 0 heterocycles. The molecule has 0 bridgehead atoms. The van der Waals surface area contributed by atoms with Crippen molar-refractivity contribution in [2.75, 3.05) is 0 Å². The topological polar surface area (TPSA) is 0 Å². The first-order valence-electron chi connectivity index (χ1n) is 11.9. The second-order valence-electron chi connectivity index (χ2n) is 12.0. The van der Waals surface area contributed by atoms with Crippen LogP contribution in [0.2, 0.25) is 39.3 Å². The molecule has 0 saturated heterocycles. The molecule has 1 aliphatic rings. The molecule has 0 nitrogen and oxygen atoms in total.